The van der Waals surface area contributed by atoms with Crippen LogP contribution in [0.1, 0.15) is 51.2 Å². The summed E-state index contributed by atoms with van der Waals surface area (Å²) in [6.45, 7) is 6.22. The number of primary amides is 1. The van der Waals surface area contributed by atoms with Crippen molar-refractivity contribution in [2.24, 2.45) is 23.0 Å². The Balaban J connectivity index is 1.55. The number of aromatic hydroxyl groups is 1. The number of phenolic OH excluding ortho intramolecular Hbond substituents is 1. The van der Waals surface area contributed by atoms with Crippen LogP contribution >= 0.6 is 0 Å². The number of rotatable bonds is 6. The number of anilines is 1. The maximum atomic E-state index is 14.0. The number of nitrogens with one attached hydrogen (secondary N) is 1. The molecule has 0 aromatic heterocycles. The van der Waals surface area contributed by atoms with Gasteiger partial charge in [-0.05, 0) is 79.6 Å². The van der Waals surface area contributed by atoms with Crippen molar-refractivity contribution in [3.05, 3.63) is 64.4 Å². The van der Waals surface area contributed by atoms with Gasteiger partial charge in [0.05, 0.1) is 11.6 Å². The molecule has 7 N–H and O–H groups in total. The van der Waals surface area contributed by atoms with Gasteiger partial charge in [0.25, 0.3) is 5.91 Å². The van der Waals surface area contributed by atoms with Crippen LogP contribution in [0.3, 0.4) is 0 Å². The van der Waals surface area contributed by atoms with Gasteiger partial charge in [0.15, 0.2) is 11.4 Å². The number of nitrogens with zero attached hydrogens (tertiary/aromatic N) is 1. The first-order chi connectivity index (χ1) is 21.0. The van der Waals surface area contributed by atoms with E-state index in [0.29, 0.717) is 23.2 Å². The molecule has 0 saturated heterocycles. The van der Waals surface area contributed by atoms with E-state index in [1.807, 2.05) is 12.1 Å². The Morgan fingerprint density at radius 3 is 2.27 bits per heavy atom. The molecule has 1 saturated carbocycles. The number of phenols is 1. The maximum Gasteiger partial charge on any atom is 0.255 e. The molecular weight excluding hydrogens is 578 g/mol. The summed E-state index contributed by atoms with van der Waals surface area (Å²) in [5, 5.41) is 48.0. The number of benzene rings is 2. The van der Waals surface area contributed by atoms with Crippen molar-refractivity contribution < 1.29 is 39.6 Å². The Bertz CT molecular complexity index is 1680. The third-order valence-electron chi connectivity index (χ3n) is 9.19. The fourth-order valence-electron chi connectivity index (χ4n) is 6.96. The molecule has 2 amide bonds. The molecule has 5 rings (SSSR count). The first kappa shape index (κ1) is 31.9. The van der Waals surface area contributed by atoms with Crippen LogP contribution in [0.15, 0.2) is 53.3 Å². The van der Waals surface area contributed by atoms with Crippen molar-refractivity contribution in [1.82, 2.24) is 4.90 Å². The first-order valence-electron chi connectivity index (χ1n) is 14.9. The number of hydrogen-bond acceptors (Lipinski definition) is 9. The highest BCUT2D eigenvalue weighted by molar-refractivity contribution is 6.24. The zero-order valence-corrected chi connectivity index (χ0v) is 26.0. The lowest BCUT2D eigenvalue weighted by Crippen LogP contribution is -2.65. The highest BCUT2D eigenvalue weighted by atomic mass is 16.3. The summed E-state index contributed by atoms with van der Waals surface area (Å²) in [4.78, 5) is 53.4. The lowest BCUT2D eigenvalue weighted by Gasteiger charge is -2.50. The Morgan fingerprint density at radius 2 is 1.69 bits per heavy atom. The van der Waals surface area contributed by atoms with Gasteiger partial charge >= 0.3 is 0 Å². The molecule has 1 fully saturated rings. The quantitative estimate of drug-likeness (QED) is 0.264. The van der Waals surface area contributed by atoms with Gasteiger partial charge in [-0.25, -0.2) is 0 Å². The van der Waals surface area contributed by atoms with Crippen LogP contribution in [-0.2, 0) is 25.6 Å². The number of aliphatic hydroxyl groups is 3. The van der Waals surface area contributed by atoms with Crippen molar-refractivity contribution in [2.75, 3.05) is 19.4 Å². The predicted molar refractivity (Wildman–Crippen MR) is 167 cm³/mol. The molecule has 4 atom stereocenters. The Labute approximate surface area is 261 Å². The van der Waals surface area contributed by atoms with Gasteiger partial charge in [0, 0.05) is 23.6 Å². The smallest absolute Gasteiger partial charge is 0.255 e. The minimum Gasteiger partial charge on any atom is -0.508 e. The summed E-state index contributed by atoms with van der Waals surface area (Å²) in [6.07, 6.45) is 1.30. The minimum atomic E-state index is -2.69. The van der Waals surface area contributed by atoms with Gasteiger partial charge in [-0.3, -0.25) is 24.1 Å². The molecule has 0 heterocycles. The molecule has 11 heteroatoms. The number of ketones is 2. The largest absolute Gasteiger partial charge is 0.508 e. The van der Waals surface area contributed by atoms with Crippen LogP contribution in [0.25, 0.3) is 16.9 Å². The van der Waals surface area contributed by atoms with Gasteiger partial charge in [0.2, 0.25) is 11.7 Å². The molecule has 2 aromatic rings. The number of Topliss-reactive ketones (excluding diaryl/α,β-unsaturated/α-hetero) is 2. The van der Waals surface area contributed by atoms with E-state index in [4.69, 9.17) is 5.73 Å². The van der Waals surface area contributed by atoms with Crippen LogP contribution in [0.4, 0.5) is 5.69 Å². The standard InChI is InChI=1S/C34H39N3O8/c1-33(2,3)13-12-23(39)36-18-8-6-16(7-9-18)19-10-11-22(38)25-20(19)14-17-15-21-27(37(4)5)29(41)26(32(35)44)31(43)34(21,45)30(42)24(17)28(25)40/h6-11,17,21,27,38,40,43,45H,12-15H2,1-5H3,(H2,35,44)(H,36,39)/t17-,21-,27-,34-/m0/s1. The molecular formula is C34H39N3O8. The van der Waals surface area contributed by atoms with Crippen molar-refractivity contribution in [3.8, 4) is 16.9 Å². The fraction of sp³-hybridized carbons (Fsp3) is 0.412. The number of amides is 2. The lowest BCUT2D eigenvalue weighted by atomic mass is 9.57. The third kappa shape index (κ3) is 5.29. The molecule has 2 aromatic carbocycles. The number of hydrogen-bond donors (Lipinski definition) is 6. The summed E-state index contributed by atoms with van der Waals surface area (Å²) in [7, 11) is 3.11. The predicted octanol–water partition coefficient (Wildman–Crippen LogP) is 3.40. The monoisotopic (exact) mass is 617 g/mol. The molecule has 11 nitrogen and oxygen atoms in total. The van der Waals surface area contributed by atoms with Crippen molar-refractivity contribution in [2.45, 2.75) is 58.1 Å². The Kier molecular flexibility index (Phi) is 7.91. The van der Waals surface area contributed by atoms with E-state index in [2.05, 4.69) is 26.1 Å². The molecule has 45 heavy (non-hydrogen) atoms. The first-order valence-corrected chi connectivity index (χ1v) is 14.9. The van der Waals surface area contributed by atoms with E-state index in [0.717, 1.165) is 12.0 Å². The highest BCUT2D eigenvalue weighted by Crippen LogP contribution is 2.53. The van der Waals surface area contributed by atoms with E-state index in [1.165, 1.54) is 11.0 Å². The SMILES string of the molecule is CN(C)[C@@H]1C(=O)C(C(N)=O)=C(O)[C@@]2(O)C(=O)C3=C(O)c4c(O)ccc(-c5ccc(NC(=O)CCC(C)(C)C)cc5)c4C[C@H]3C[C@@H]12. The molecule has 3 aliphatic rings. The van der Waals surface area contributed by atoms with E-state index in [-0.39, 0.29) is 41.0 Å². The number of nitrogens with two attached hydrogens (primary N) is 1. The number of fused-ring (bicyclic) bond motifs is 3. The van der Waals surface area contributed by atoms with Crippen LogP contribution < -0.4 is 11.1 Å². The Hall–Kier alpha value is -4.48. The van der Waals surface area contributed by atoms with Crippen LogP contribution in [0, 0.1) is 17.3 Å². The zero-order valence-electron chi connectivity index (χ0n) is 26.0. The molecule has 238 valence electrons. The van der Waals surface area contributed by atoms with Gasteiger partial charge in [-0.1, -0.05) is 39.0 Å². The average molecular weight is 618 g/mol. The van der Waals surface area contributed by atoms with E-state index < -0.39 is 58.0 Å². The number of carbonyl (C=O) groups excluding carboxylic acids is 4. The van der Waals surface area contributed by atoms with Crippen LogP contribution in [0.5, 0.6) is 5.75 Å². The number of likely N-dealkylation sites (N-methyl/N-ethyl adjacent to an activating group) is 1. The van der Waals surface area contributed by atoms with Crippen molar-refractivity contribution in [3.63, 3.8) is 0 Å². The molecule has 0 unspecified atom stereocenters. The summed E-state index contributed by atoms with van der Waals surface area (Å²) in [6, 6.07) is 9.08. The second-order valence-corrected chi connectivity index (χ2v) is 13.6. The summed E-state index contributed by atoms with van der Waals surface area (Å²) in [5.41, 5.74) is 4.27. The van der Waals surface area contributed by atoms with Crippen molar-refractivity contribution in [1.29, 1.82) is 0 Å². The van der Waals surface area contributed by atoms with Crippen LogP contribution in [-0.4, -0.2) is 74.4 Å². The van der Waals surface area contributed by atoms with E-state index >= 15 is 0 Å². The average Bonchev–Trinajstić information content (AvgIpc) is 2.94. The van der Waals surface area contributed by atoms with Crippen LogP contribution in [0.2, 0.25) is 0 Å². The summed E-state index contributed by atoms with van der Waals surface area (Å²) >= 11 is 0. The summed E-state index contributed by atoms with van der Waals surface area (Å²) in [5.74, 6) is -7.03. The molecule has 0 bridgehead atoms. The van der Waals surface area contributed by atoms with Gasteiger partial charge < -0.3 is 31.5 Å². The second-order valence-electron chi connectivity index (χ2n) is 13.6. The summed E-state index contributed by atoms with van der Waals surface area (Å²) < 4.78 is 0. The van der Waals surface area contributed by atoms with Crippen molar-refractivity contribution >= 4 is 34.8 Å². The molecule has 0 aliphatic heterocycles. The van der Waals surface area contributed by atoms with E-state index in [1.54, 1.807) is 32.3 Å². The minimum absolute atomic E-state index is 0.000390. The van der Waals surface area contributed by atoms with Gasteiger partial charge in [-0.15, -0.1) is 0 Å². The topological polar surface area (TPSA) is 190 Å². The Morgan fingerprint density at radius 1 is 1.04 bits per heavy atom. The fourth-order valence-corrected chi connectivity index (χ4v) is 6.96. The number of aliphatic hydroxyl groups excluding tert-OH is 2. The molecule has 0 spiro atoms. The second kappa shape index (κ2) is 11.1. The number of carbonyl (C=O) groups is 4. The normalized spacial score (nSPS) is 24.7. The van der Waals surface area contributed by atoms with Gasteiger partial charge in [0.1, 0.15) is 22.8 Å². The van der Waals surface area contributed by atoms with E-state index in [9.17, 15) is 39.6 Å². The highest BCUT2D eigenvalue weighted by Gasteiger charge is 2.64. The molecule has 0 radical (unpaired) electrons. The maximum absolute atomic E-state index is 14.0. The third-order valence-corrected chi connectivity index (χ3v) is 9.19. The van der Waals surface area contributed by atoms with Gasteiger partial charge in [-0.2, -0.15) is 0 Å². The molecule has 3 aliphatic carbocycles. The lowest BCUT2D eigenvalue weighted by molar-refractivity contribution is -0.153. The zero-order chi connectivity index (χ0) is 33.2.